The van der Waals surface area contributed by atoms with Gasteiger partial charge in [0.15, 0.2) is 0 Å². The minimum Gasteiger partial charge on any atom is -0.393 e. The second-order valence-electron chi connectivity index (χ2n) is 6.98. The maximum Gasteiger partial charge on any atom is 0.248 e. The lowest BCUT2D eigenvalue weighted by Gasteiger charge is -2.47. The molecule has 0 radical (unpaired) electrons. The zero-order valence-corrected chi connectivity index (χ0v) is 13.1. The number of carbonyl (C=O) groups is 1. The molecular weight excluding hydrogens is 254 g/mol. The highest BCUT2D eigenvalue weighted by molar-refractivity contribution is 5.78. The van der Waals surface area contributed by atoms with Crippen LogP contribution >= 0.6 is 0 Å². The predicted molar refractivity (Wildman–Crippen MR) is 78.4 cm³/mol. The average Bonchev–Trinajstić information content (AvgIpc) is 2.63. The molecule has 4 heteroatoms. The molecular formula is C16H29NO3. The van der Waals surface area contributed by atoms with Crippen LogP contribution < -0.4 is 0 Å². The monoisotopic (exact) mass is 283 g/mol. The summed E-state index contributed by atoms with van der Waals surface area (Å²) in [5.41, 5.74) is 0.207. The molecule has 1 N–H and O–H groups in total. The van der Waals surface area contributed by atoms with Crippen molar-refractivity contribution in [3.63, 3.8) is 0 Å². The molecule has 2 aliphatic rings. The summed E-state index contributed by atoms with van der Waals surface area (Å²) in [7, 11) is 0. The Labute approximate surface area is 122 Å². The predicted octanol–water partition coefficient (Wildman–Crippen LogP) is 2.20. The molecule has 1 aliphatic carbocycles. The molecule has 0 bridgehead atoms. The SMILES string of the molecule is CCC(C)(C)C1CCC(O)CC1N1CCCOCC1=O. The highest BCUT2D eigenvalue weighted by Crippen LogP contribution is 2.43. The van der Waals surface area contributed by atoms with E-state index in [1.165, 1.54) is 0 Å². The molecule has 1 amide bonds. The van der Waals surface area contributed by atoms with Crippen LogP contribution in [0.1, 0.15) is 52.9 Å². The molecule has 0 aromatic carbocycles. The standard InChI is InChI=1S/C16H29NO3/c1-4-16(2,3)13-7-6-12(18)10-14(13)17-8-5-9-20-11-15(17)19/h12-14,18H,4-11H2,1-3H3. The van der Waals surface area contributed by atoms with E-state index >= 15 is 0 Å². The molecule has 1 saturated carbocycles. The Morgan fingerprint density at radius 3 is 2.85 bits per heavy atom. The number of ether oxygens (including phenoxy) is 1. The quantitative estimate of drug-likeness (QED) is 0.864. The lowest BCUT2D eigenvalue weighted by molar-refractivity contribution is -0.140. The Bertz CT molecular complexity index is 343. The molecule has 3 atom stereocenters. The van der Waals surface area contributed by atoms with Crippen LogP contribution in [0.2, 0.25) is 0 Å². The first-order valence-electron chi connectivity index (χ1n) is 8.01. The van der Waals surface area contributed by atoms with Gasteiger partial charge < -0.3 is 14.7 Å². The van der Waals surface area contributed by atoms with Crippen molar-refractivity contribution in [1.82, 2.24) is 4.90 Å². The third-order valence-corrected chi connectivity index (χ3v) is 5.34. The van der Waals surface area contributed by atoms with E-state index in [1.807, 2.05) is 4.90 Å². The van der Waals surface area contributed by atoms with Gasteiger partial charge in [-0.05, 0) is 37.0 Å². The van der Waals surface area contributed by atoms with Crippen LogP contribution in [0.4, 0.5) is 0 Å². The Balaban J connectivity index is 2.20. The van der Waals surface area contributed by atoms with Gasteiger partial charge in [-0.15, -0.1) is 0 Å². The van der Waals surface area contributed by atoms with Crippen LogP contribution in [0.5, 0.6) is 0 Å². The molecule has 0 aromatic rings. The summed E-state index contributed by atoms with van der Waals surface area (Å²) < 4.78 is 5.35. The zero-order chi connectivity index (χ0) is 14.8. The summed E-state index contributed by atoms with van der Waals surface area (Å²) in [5, 5.41) is 10.1. The highest BCUT2D eigenvalue weighted by atomic mass is 16.5. The van der Waals surface area contributed by atoms with E-state index in [9.17, 15) is 9.90 Å². The van der Waals surface area contributed by atoms with Crippen molar-refractivity contribution in [2.24, 2.45) is 11.3 Å². The molecule has 0 spiro atoms. The minimum atomic E-state index is -0.263. The summed E-state index contributed by atoms with van der Waals surface area (Å²) in [6, 6.07) is 0.169. The second kappa shape index (κ2) is 6.44. The second-order valence-corrected chi connectivity index (χ2v) is 6.98. The third kappa shape index (κ3) is 3.34. The third-order valence-electron chi connectivity index (χ3n) is 5.34. The Morgan fingerprint density at radius 2 is 2.15 bits per heavy atom. The smallest absolute Gasteiger partial charge is 0.248 e. The van der Waals surface area contributed by atoms with Crippen molar-refractivity contribution in [1.29, 1.82) is 0 Å². The van der Waals surface area contributed by atoms with Gasteiger partial charge in [0.1, 0.15) is 6.61 Å². The van der Waals surface area contributed by atoms with Crippen molar-refractivity contribution < 1.29 is 14.6 Å². The van der Waals surface area contributed by atoms with Crippen molar-refractivity contribution >= 4 is 5.91 Å². The fraction of sp³-hybridized carbons (Fsp3) is 0.938. The highest BCUT2D eigenvalue weighted by Gasteiger charge is 2.42. The van der Waals surface area contributed by atoms with E-state index in [1.54, 1.807) is 0 Å². The van der Waals surface area contributed by atoms with Gasteiger partial charge in [-0.25, -0.2) is 0 Å². The van der Waals surface area contributed by atoms with E-state index < -0.39 is 0 Å². The van der Waals surface area contributed by atoms with E-state index in [-0.39, 0.29) is 30.1 Å². The average molecular weight is 283 g/mol. The van der Waals surface area contributed by atoms with Crippen LogP contribution in [0, 0.1) is 11.3 Å². The molecule has 116 valence electrons. The fourth-order valence-electron chi connectivity index (χ4n) is 3.70. The fourth-order valence-corrected chi connectivity index (χ4v) is 3.70. The molecule has 3 unspecified atom stereocenters. The Kier molecular flexibility index (Phi) is 5.08. The number of rotatable bonds is 3. The maximum absolute atomic E-state index is 12.3. The van der Waals surface area contributed by atoms with Gasteiger partial charge in [-0.3, -0.25) is 4.79 Å². The van der Waals surface area contributed by atoms with Gasteiger partial charge in [-0.1, -0.05) is 27.2 Å². The number of carbonyl (C=O) groups excluding carboxylic acids is 1. The lowest BCUT2D eigenvalue weighted by Crippen LogP contribution is -2.52. The molecule has 1 saturated heterocycles. The first-order valence-corrected chi connectivity index (χ1v) is 8.01. The van der Waals surface area contributed by atoms with Gasteiger partial charge in [-0.2, -0.15) is 0 Å². The van der Waals surface area contributed by atoms with Gasteiger partial charge in [0.2, 0.25) is 5.91 Å². The van der Waals surface area contributed by atoms with E-state index in [4.69, 9.17) is 4.74 Å². The van der Waals surface area contributed by atoms with Crippen LogP contribution in [0.15, 0.2) is 0 Å². The number of amides is 1. The molecule has 1 aliphatic heterocycles. The van der Waals surface area contributed by atoms with Gasteiger partial charge >= 0.3 is 0 Å². The first kappa shape index (κ1) is 15.8. The Hall–Kier alpha value is -0.610. The molecule has 20 heavy (non-hydrogen) atoms. The summed E-state index contributed by atoms with van der Waals surface area (Å²) >= 11 is 0. The summed E-state index contributed by atoms with van der Waals surface area (Å²) in [5.74, 6) is 0.566. The minimum absolute atomic E-state index is 0.0958. The van der Waals surface area contributed by atoms with E-state index in [2.05, 4.69) is 20.8 Å². The van der Waals surface area contributed by atoms with Crippen molar-refractivity contribution in [2.45, 2.75) is 65.0 Å². The number of aliphatic hydroxyl groups is 1. The normalized spacial score (nSPS) is 33.1. The van der Waals surface area contributed by atoms with Crippen LogP contribution in [0.3, 0.4) is 0 Å². The van der Waals surface area contributed by atoms with E-state index in [0.717, 1.165) is 38.6 Å². The van der Waals surface area contributed by atoms with Crippen LogP contribution in [-0.2, 0) is 9.53 Å². The number of hydrogen-bond donors (Lipinski definition) is 1. The first-order chi connectivity index (χ1) is 9.45. The number of hydrogen-bond acceptors (Lipinski definition) is 3. The molecule has 0 aromatic heterocycles. The topological polar surface area (TPSA) is 49.8 Å². The Morgan fingerprint density at radius 1 is 1.40 bits per heavy atom. The summed E-state index contributed by atoms with van der Waals surface area (Å²) in [6.45, 7) is 8.44. The van der Waals surface area contributed by atoms with Gasteiger partial charge in [0.05, 0.1) is 6.10 Å². The van der Waals surface area contributed by atoms with Crippen molar-refractivity contribution in [3.8, 4) is 0 Å². The molecule has 1 heterocycles. The van der Waals surface area contributed by atoms with Crippen LogP contribution in [0.25, 0.3) is 0 Å². The van der Waals surface area contributed by atoms with Crippen molar-refractivity contribution in [2.75, 3.05) is 19.8 Å². The largest absolute Gasteiger partial charge is 0.393 e. The summed E-state index contributed by atoms with van der Waals surface area (Å²) in [6.07, 6.45) is 4.33. The number of aliphatic hydroxyl groups excluding tert-OH is 1. The van der Waals surface area contributed by atoms with Gasteiger partial charge in [0.25, 0.3) is 0 Å². The molecule has 2 rings (SSSR count). The van der Waals surface area contributed by atoms with Gasteiger partial charge in [0, 0.05) is 19.2 Å². The maximum atomic E-state index is 12.3. The van der Waals surface area contributed by atoms with Crippen LogP contribution in [-0.4, -0.2) is 47.8 Å². The molecule has 2 fully saturated rings. The molecule has 4 nitrogen and oxygen atoms in total. The number of nitrogens with zero attached hydrogens (tertiary/aromatic N) is 1. The lowest BCUT2D eigenvalue weighted by atomic mass is 9.66. The zero-order valence-electron chi connectivity index (χ0n) is 13.1. The van der Waals surface area contributed by atoms with Crippen molar-refractivity contribution in [3.05, 3.63) is 0 Å². The summed E-state index contributed by atoms with van der Waals surface area (Å²) in [4.78, 5) is 14.3. The van der Waals surface area contributed by atoms with E-state index in [0.29, 0.717) is 12.5 Å².